The molecule has 1 aromatic rings. The molecule has 2 rings (SSSR count). The van der Waals surface area contributed by atoms with Crippen molar-refractivity contribution in [2.45, 2.75) is 40.7 Å². The fraction of sp³-hybridized carbons (Fsp3) is 0.625. The molecular weight excluding hydrogens is 296 g/mol. The predicted octanol–water partition coefficient (Wildman–Crippen LogP) is 5.47. The summed E-state index contributed by atoms with van der Waals surface area (Å²) in [6.45, 7) is 12.1. The summed E-state index contributed by atoms with van der Waals surface area (Å²) in [5.74, 6) is 0.195. The van der Waals surface area contributed by atoms with Crippen LogP contribution >= 0.6 is 23.2 Å². The normalized spacial score (nSPS) is 21.8. The first-order valence-corrected chi connectivity index (χ1v) is 7.72. The Morgan fingerprint density at radius 1 is 1.15 bits per heavy atom. The Labute approximate surface area is 130 Å². The lowest BCUT2D eigenvalue weighted by molar-refractivity contribution is 0.457. The van der Waals surface area contributed by atoms with Gasteiger partial charge in [-0.25, -0.2) is 4.39 Å². The average Bonchev–Trinajstić information content (AvgIpc) is 2.71. The van der Waals surface area contributed by atoms with Crippen LogP contribution < -0.4 is 5.32 Å². The molecule has 1 N–H and O–H groups in total. The van der Waals surface area contributed by atoms with E-state index in [0.29, 0.717) is 21.8 Å². The van der Waals surface area contributed by atoms with Crippen LogP contribution in [0.25, 0.3) is 0 Å². The van der Waals surface area contributed by atoms with Gasteiger partial charge in [0.15, 0.2) is 0 Å². The second kappa shape index (κ2) is 5.15. The largest absolute Gasteiger partial charge is 0.310 e. The lowest BCUT2D eigenvalue weighted by atomic mass is 10.0. The number of hydrogen-bond donors (Lipinski definition) is 1. The molecule has 1 atom stereocenters. The zero-order chi connectivity index (χ0) is 15.3. The molecule has 20 heavy (non-hydrogen) atoms. The smallest absolute Gasteiger partial charge is 0.142 e. The molecule has 1 unspecified atom stereocenters. The molecule has 112 valence electrons. The zero-order valence-corrected chi connectivity index (χ0v) is 14.2. The van der Waals surface area contributed by atoms with E-state index in [0.717, 1.165) is 12.1 Å². The van der Waals surface area contributed by atoms with Gasteiger partial charge in [-0.2, -0.15) is 0 Å². The SMILES string of the molecule is CC(NCC1C(C)(C)C1(C)C)c1cc(F)c(Cl)cc1Cl. The molecule has 1 aromatic carbocycles. The van der Waals surface area contributed by atoms with Gasteiger partial charge in [0.05, 0.1) is 5.02 Å². The third-order valence-corrected chi connectivity index (χ3v) is 6.07. The van der Waals surface area contributed by atoms with Crippen LogP contribution in [0.5, 0.6) is 0 Å². The molecule has 0 aliphatic heterocycles. The highest BCUT2D eigenvalue weighted by atomic mass is 35.5. The van der Waals surface area contributed by atoms with Crippen molar-refractivity contribution in [2.24, 2.45) is 16.7 Å². The third-order valence-electron chi connectivity index (χ3n) is 5.45. The van der Waals surface area contributed by atoms with Crippen molar-refractivity contribution in [1.82, 2.24) is 5.32 Å². The van der Waals surface area contributed by atoms with E-state index in [2.05, 4.69) is 33.0 Å². The maximum absolute atomic E-state index is 13.6. The van der Waals surface area contributed by atoms with Crippen molar-refractivity contribution in [1.29, 1.82) is 0 Å². The minimum Gasteiger partial charge on any atom is -0.310 e. The van der Waals surface area contributed by atoms with Crippen LogP contribution in [0.1, 0.15) is 46.2 Å². The standard InChI is InChI=1S/C16H22Cl2FN/c1-9(10-6-13(19)12(18)7-11(10)17)20-8-14-15(2,3)16(14,4)5/h6-7,9,14,20H,8H2,1-5H3. The molecule has 0 heterocycles. The Bertz CT molecular complexity index is 511. The van der Waals surface area contributed by atoms with E-state index in [4.69, 9.17) is 23.2 Å². The maximum atomic E-state index is 13.6. The molecule has 0 radical (unpaired) electrons. The molecule has 1 fully saturated rings. The van der Waals surface area contributed by atoms with E-state index in [-0.39, 0.29) is 11.1 Å². The molecule has 0 amide bonds. The van der Waals surface area contributed by atoms with E-state index < -0.39 is 5.82 Å². The summed E-state index contributed by atoms with van der Waals surface area (Å²) in [4.78, 5) is 0. The van der Waals surface area contributed by atoms with Gasteiger partial charge in [-0.3, -0.25) is 0 Å². The van der Waals surface area contributed by atoms with Crippen LogP contribution in [-0.2, 0) is 0 Å². The molecule has 0 saturated heterocycles. The van der Waals surface area contributed by atoms with Gasteiger partial charge in [-0.05, 0) is 47.9 Å². The lowest BCUT2D eigenvalue weighted by Crippen LogP contribution is -2.23. The fourth-order valence-electron chi connectivity index (χ4n) is 3.12. The molecular formula is C16H22Cl2FN. The van der Waals surface area contributed by atoms with Crippen LogP contribution in [0.4, 0.5) is 4.39 Å². The zero-order valence-electron chi connectivity index (χ0n) is 12.7. The Hall–Kier alpha value is -0.310. The highest BCUT2D eigenvalue weighted by Crippen LogP contribution is 2.68. The summed E-state index contributed by atoms with van der Waals surface area (Å²) >= 11 is 11.9. The molecule has 1 aliphatic carbocycles. The van der Waals surface area contributed by atoms with Gasteiger partial charge in [0.25, 0.3) is 0 Å². The van der Waals surface area contributed by atoms with E-state index in [1.807, 2.05) is 6.92 Å². The Morgan fingerprint density at radius 3 is 2.20 bits per heavy atom. The van der Waals surface area contributed by atoms with E-state index in [1.54, 1.807) is 0 Å². The van der Waals surface area contributed by atoms with E-state index >= 15 is 0 Å². The van der Waals surface area contributed by atoms with Crippen molar-refractivity contribution in [3.63, 3.8) is 0 Å². The van der Waals surface area contributed by atoms with Crippen LogP contribution in [0.3, 0.4) is 0 Å². The molecule has 0 aromatic heterocycles. The molecule has 1 nitrogen and oxygen atoms in total. The Kier molecular flexibility index (Phi) is 4.14. The quantitative estimate of drug-likeness (QED) is 0.726. The van der Waals surface area contributed by atoms with Gasteiger partial charge in [-0.15, -0.1) is 0 Å². The summed E-state index contributed by atoms with van der Waals surface area (Å²) in [6.07, 6.45) is 0. The molecule has 0 spiro atoms. The number of hydrogen-bond acceptors (Lipinski definition) is 1. The molecule has 1 saturated carbocycles. The van der Waals surface area contributed by atoms with E-state index in [9.17, 15) is 4.39 Å². The fourth-order valence-corrected chi connectivity index (χ4v) is 3.66. The van der Waals surface area contributed by atoms with Gasteiger partial charge < -0.3 is 5.32 Å². The molecule has 1 aliphatic rings. The lowest BCUT2D eigenvalue weighted by Gasteiger charge is -2.17. The highest BCUT2D eigenvalue weighted by molar-refractivity contribution is 6.35. The highest BCUT2D eigenvalue weighted by Gasteiger charge is 2.63. The average molecular weight is 318 g/mol. The molecule has 0 bridgehead atoms. The monoisotopic (exact) mass is 317 g/mol. The first kappa shape index (κ1) is 16.1. The second-order valence-electron chi connectivity index (χ2n) is 6.91. The second-order valence-corrected chi connectivity index (χ2v) is 7.73. The summed E-state index contributed by atoms with van der Waals surface area (Å²) in [6, 6.07) is 2.89. The predicted molar refractivity (Wildman–Crippen MR) is 83.9 cm³/mol. The number of rotatable bonds is 4. The van der Waals surface area contributed by atoms with Gasteiger partial charge in [-0.1, -0.05) is 50.9 Å². The summed E-state index contributed by atoms with van der Waals surface area (Å²) in [5.41, 5.74) is 1.44. The number of nitrogens with one attached hydrogen (secondary N) is 1. The van der Waals surface area contributed by atoms with Crippen molar-refractivity contribution in [3.05, 3.63) is 33.6 Å². The number of benzene rings is 1. The third kappa shape index (κ3) is 2.58. The van der Waals surface area contributed by atoms with Crippen LogP contribution in [0.15, 0.2) is 12.1 Å². The van der Waals surface area contributed by atoms with Crippen molar-refractivity contribution < 1.29 is 4.39 Å². The van der Waals surface area contributed by atoms with Crippen molar-refractivity contribution in [3.8, 4) is 0 Å². The van der Waals surface area contributed by atoms with Gasteiger partial charge in [0.2, 0.25) is 0 Å². The summed E-state index contributed by atoms with van der Waals surface area (Å²) < 4.78 is 13.6. The van der Waals surface area contributed by atoms with E-state index in [1.165, 1.54) is 12.1 Å². The first-order valence-electron chi connectivity index (χ1n) is 6.97. The van der Waals surface area contributed by atoms with Gasteiger partial charge in [0.1, 0.15) is 5.82 Å². The summed E-state index contributed by atoms with van der Waals surface area (Å²) in [5, 5.41) is 4.04. The summed E-state index contributed by atoms with van der Waals surface area (Å²) in [7, 11) is 0. The van der Waals surface area contributed by atoms with Gasteiger partial charge >= 0.3 is 0 Å². The van der Waals surface area contributed by atoms with Crippen LogP contribution in [0.2, 0.25) is 10.0 Å². The minimum atomic E-state index is -0.424. The van der Waals surface area contributed by atoms with Crippen molar-refractivity contribution in [2.75, 3.05) is 6.54 Å². The first-order chi connectivity index (χ1) is 9.09. The minimum absolute atomic E-state index is 0.00136. The Balaban J connectivity index is 2.04. The van der Waals surface area contributed by atoms with Gasteiger partial charge in [0, 0.05) is 11.1 Å². The maximum Gasteiger partial charge on any atom is 0.142 e. The topological polar surface area (TPSA) is 12.0 Å². The van der Waals surface area contributed by atoms with Crippen molar-refractivity contribution >= 4 is 23.2 Å². The van der Waals surface area contributed by atoms with Crippen LogP contribution in [-0.4, -0.2) is 6.54 Å². The number of halogens is 3. The molecule has 4 heteroatoms. The Morgan fingerprint density at radius 2 is 1.70 bits per heavy atom. The van der Waals surface area contributed by atoms with Crippen LogP contribution in [0, 0.1) is 22.6 Å².